The highest BCUT2D eigenvalue weighted by atomic mass is 35.5. The third kappa shape index (κ3) is 3.68. The highest BCUT2D eigenvalue weighted by Gasteiger charge is 2.13. The number of benzene rings is 2. The SMILES string of the molecule is COc1ccc(-n2ccc(C(=O)Nc3ccc(C(N)=O)c(Cl)c3)n2)cc1. The molecule has 0 saturated carbocycles. The average Bonchev–Trinajstić information content (AvgIpc) is 3.12. The van der Waals surface area contributed by atoms with Crippen molar-refractivity contribution in [1.82, 2.24) is 9.78 Å². The van der Waals surface area contributed by atoms with Crippen LogP contribution in [-0.4, -0.2) is 28.7 Å². The van der Waals surface area contributed by atoms with Gasteiger partial charge in [-0.3, -0.25) is 9.59 Å². The van der Waals surface area contributed by atoms with Gasteiger partial charge < -0.3 is 15.8 Å². The van der Waals surface area contributed by atoms with Crippen LogP contribution in [0.5, 0.6) is 5.75 Å². The van der Waals surface area contributed by atoms with E-state index in [1.54, 1.807) is 42.3 Å². The summed E-state index contributed by atoms with van der Waals surface area (Å²) in [5, 5.41) is 7.10. The highest BCUT2D eigenvalue weighted by Crippen LogP contribution is 2.21. The summed E-state index contributed by atoms with van der Waals surface area (Å²) in [4.78, 5) is 23.5. The molecule has 1 heterocycles. The van der Waals surface area contributed by atoms with Gasteiger partial charge in [0.15, 0.2) is 5.69 Å². The van der Waals surface area contributed by atoms with Crippen molar-refractivity contribution in [1.29, 1.82) is 0 Å². The monoisotopic (exact) mass is 370 g/mol. The van der Waals surface area contributed by atoms with Gasteiger partial charge in [-0.1, -0.05) is 11.6 Å². The molecule has 0 spiro atoms. The van der Waals surface area contributed by atoms with Gasteiger partial charge in [0, 0.05) is 11.9 Å². The molecule has 3 aromatic rings. The maximum atomic E-state index is 12.3. The zero-order valence-electron chi connectivity index (χ0n) is 13.8. The van der Waals surface area contributed by atoms with Crippen LogP contribution in [0.3, 0.4) is 0 Å². The predicted octanol–water partition coefficient (Wildman–Crippen LogP) is 2.89. The lowest BCUT2D eigenvalue weighted by molar-refractivity contribution is 0.0998. The van der Waals surface area contributed by atoms with Crippen LogP contribution < -0.4 is 15.8 Å². The number of carbonyl (C=O) groups excluding carboxylic acids is 2. The summed E-state index contributed by atoms with van der Waals surface area (Å²) >= 11 is 5.98. The van der Waals surface area contributed by atoms with Crippen molar-refractivity contribution < 1.29 is 14.3 Å². The Morgan fingerprint density at radius 3 is 2.50 bits per heavy atom. The molecule has 8 heteroatoms. The zero-order chi connectivity index (χ0) is 18.7. The lowest BCUT2D eigenvalue weighted by Gasteiger charge is -2.06. The normalized spacial score (nSPS) is 10.4. The third-order valence-corrected chi connectivity index (χ3v) is 3.96. The molecule has 26 heavy (non-hydrogen) atoms. The van der Waals surface area contributed by atoms with E-state index < -0.39 is 11.8 Å². The Morgan fingerprint density at radius 1 is 1.15 bits per heavy atom. The fourth-order valence-electron chi connectivity index (χ4n) is 2.31. The van der Waals surface area contributed by atoms with E-state index in [0.717, 1.165) is 11.4 Å². The van der Waals surface area contributed by atoms with Crippen molar-refractivity contribution in [3.63, 3.8) is 0 Å². The number of anilines is 1. The van der Waals surface area contributed by atoms with Crippen LogP contribution in [0.25, 0.3) is 5.69 Å². The Hall–Kier alpha value is -3.32. The molecule has 0 saturated heterocycles. The third-order valence-electron chi connectivity index (χ3n) is 3.65. The van der Waals surface area contributed by atoms with Gasteiger partial charge in [-0.2, -0.15) is 5.10 Å². The number of amides is 2. The van der Waals surface area contributed by atoms with Crippen molar-refractivity contribution in [2.75, 3.05) is 12.4 Å². The molecule has 2 aromatic carbocycles. The maximum Gasteiger partial charge on any atom is 0.276 e. The zero-order valence-corrected chi connectivity index (χ0v) is 14.5. The number of carbonyl (C=O) groups is 2. The van der Waals surface area contributed by atoms with Crippen molar-refractivity contribution in [3.8, 4) is 11.4 Å². The number of rotatable bonds is 5. The molecule has 0 bridgehead atoms. The molecule has 2 amide bonds. The Labute approximate surface area is 154 Å². The second kappa shape index (κ2) is 7.28. The van der Waals surface area contributed by atoms with Crippen LogP contribution in [0.2, 0.25) is 5.02 Å². The van der Waals surface area contributed by atoms with E-state index in [0.29, 0.717) is 5.69 Å². The number of nitrogens with zero attached hydrogens (tertiary/aromatic N) is 2. The van der Waals surface area contributed by atoms with Crippen molar-refractivity contribution in [2.45, 2.75) is 0 Å². The fourth-order valence-corrected chi connectivity index (χ4v) is 2.59. The number of methoxy groups -OCH3 is 1. The number of ether oxygens (including phenoxy) is 1. The first-order valence-corrected chi connectivity index (χ1v) is 7.96. The molecule has 3 N–H and O–H groups in total. The number of aromatic nitrogens is 2. The minimum Gasteiger partial charge on any atom is -0.497 e. The quantitative estimate of drug-likeness (QED) is 0.721. The molecule has 0 aliphatic rings. The first kappa shape index (κ1) is 17.5. The van der Waals surface area contributed by atoms with Gasteiger partial charge in [0.05, 0.1) is 23.4 Å². The summed E-state index contributed by atoms with van der Waals surface area (Å²) in [7, 11) is 1.59. The molecule has 0 unspecified atom stereocenters. The highest BCUT2D eigenvalue weighted by molar-refractivity contribution is 6.34. The summed E-state index contributed by atoms with van der Waals surface area (Å²) in [6.45, 7) is 0. The van der Waals surface area contributed by atoms with Gasteiger partial charge in [-0.05, 0) is 48.5 Å². The summed E-state index contributed by atoms with van der Waals surface area (Å²) in [5.41, 5.74) is 6.85. The Bertz CT molecular complexity index is 967. The van der Waals surface area contributed by atoms with Gasteiger partial charge in [0.25, 0.3) is 5.91 Å². The van der Waals surface area contributed by atoms with Crippen molar-refractivity contribution in [3.05, 3.63) is 71.0 Å². The van der Waals surface area contributed by atoms with Crippen LogP contribution in [0.4, 0.5) is 5.69 Å². The molecule has 0 aliphatic heterocycles. The Kier molecular flexibility index (Phi) is 4.90. The largest absolute Gasteiger partial charge is 0.497 e. The smallest absolute Gasteiger partial charge is 0.276 e. The van der Waals surface area contributed by atoms with Crippen molar-refractivity contribution >= 4 is 29.1 Å². The lowest BCUT2D eigenvalue weighted by atomic mass is 10.2. The number of nitrogens with two attached hydrogens (primary N) is 1. The topological polar surface area (TPSA) is 99.2 Å². The average molecular weight is 371 g/mol. The molecule has 0 fully saturated rings. The molecule has 0 aliphatic carbocycles. The number of nitrogens with one attached hydrogen (secondary N) is 1. The first-order chi connectivity index (χ1) is 12.5. The summed E-state index contributed by atoms with van der Waals surface area (Å²) in [5.74, 6) is -0.304. The number of primary amides is 1. The van der Waals surface area contributed by atoms with E-state index in [1.807, 2.05) is 12.1 Å². The first-order valence-electron chi connectivity index (χ1n) is 7.59. The molecular formula is C18H15ClN4O3. The Morgan fingerprint density at radius 2 is 1.88 bits per heavy atom. The number of hydrogen-bond donors (Lipinski definition) is 2. The minimum absolute atomic E-state index is 0.166. The van der Waals surface area contributed by atoms with Gasteiger partial charge in [0.1, 0.15) is 5.75 Å². The van der Waals surface area contributed by atoms with Crippen molar-refractivity contribution in [2.24, 2.45) is 5.73 Å². The van der Waals surface area contributed by atoms with Crippen LogP contribution in [-0.2, 0) is 0 Å². The van der Waals surface area contributed by atoms with Crippen LogP contribution in [0, 0.1) is 0 Å². The van der Waals surface area contributed by atoms with Crippen LogP contribution in [0.1, 0.15) is 20.8 Å². The molecule has 0 atom stereocenters. The standard InChI is InChI=1S/C18H15ClN4O3/c1-26-13-5-3-12(4-6-13)23-9-8-16(22-23)18(25)21-11-2-7-14(17(20)24)15(19)10-11/h2-10H,1H3,(H2,20,24)(H,21,25). The summed E-state index contributed by atoms with van der Waals surface area (Å²) < 4.78 is 6.70. The lowest BCUT2D eigenvalue weighted by Crippen LogP contribution is -2.14. The number of halogens is 1. The Balaban J connectivity index is 1.75. The second-order valence-electron chi connectivity index (χ2n) is 5.36. The molecule has 132 valence electrons. The minimum atomic E-state index is -0.633. The van der Waals surface area contributed by atoms with Crippen LogP contribution in [0.15, 0.2) is 54.7 Å². The molecule has 1 aromatic heterocycles. The molecule has 0 radical (unpaired) electrons. The van der Waals surface area contributed by atoms with E-state index in [4.69, 9.17) is 22.1 Å². The molecular weight excluding hydrogens is 356 g/mol. The second-order valence-corrected chi connectivity index (χ2v) is 5.76. The van der Waals surface area contributed by atoms with Gasteiger partial charge >= 0.3 is 0 Å². The van der Waals surface area contributed by atoms with Crippen LogP contribution >= 0.6 is 11.6 Å². The van der Waals surface area contributed by atoms with E-state index in [2.05, 4.69) is 10.4 Å². The number of hydrogen-bond acceptors (Lipinski definition) is 4. The predicted molar refractivity (Wildman–Crippen MR) is 98.0 cm³/mol. The van der Waals surface area contributed by atoms with Gasteiger partial charge in [-0.25, -0.2) is 4.68 Å². The van der Waals surface area contributed by atoms with E-state index in [1.165, 1.54) is 12.1 Å². The maximum absolute atomic E-state index is 12.3. The van der Waals surface area contributed by atoms with E-state index in [-0.39, 0.29) is 16.3 Å². The molecule has 7 nitrogen and oxygen atoms in total. The van der Waals surface area contributed by atoms with E-state index in [9.17, 15) is 9.59 Å². The summed E-state index contributed by atoms with van der Waals surface area (Å²) in [6, 6.07) is 13.3. The van der Waals surface area contributed by atoms with Gasteiger partial charge in [-0.15, -0.1) is 0 Å². The fraction of sp³-hybridized carbons (Fsp3) is 0.0556. The summed E-state index contributed by atoms with van der Waals surface area (Å²) in [6.07, 6.45) is 1.68. The molecule has 3 rings (SSSR count). The van der Waals surface area contributed by atoms with E-state index >= 15 is 0 Å². The van der Waals surface area contributed by atoms with Gasteiger partial charge in [0.2, 0.25) is 5.91 Å².